The number of nitrogens with zero attached hydrogens (tertiary/aromatic N) is 1. The molecule has 0 saturated carbocycles. The molecule has 0 radical (unpaired) electrons. The summed E-state index contributed by atoms with van der Waals surface area (Å²) >= 11 is 0. The van der Waals surface area contributed by atoms with E-state index in [-0.39, 0.29) is 17.8 Å². The van der Waals surface area contributed by atoms with Gasteiger partial charge in [-0.15, -0.1) is 0 Å². The lowest BCUT2D eigenvalue weighted by Crippen LogP contribution is -2.34. The molecule has 0 aliphatic carbocycles. The van der Waals surface area contributed by atoms with Gasteiger partial charge < -0.3 is 24.4 Å². The Morgan fingerprint density at radius 3 is 2.04 bits per heavy atom. The number of rotatable bonds is 8. The summed E-state index contributed by atoms with van der Waals surface area (Å²) in [6.45, 7) is 0.355. The molecule has 0 heterocycles. The van der Waals surface area contributed by atoms with E-state index >= 15 is 0 Å². The predicted octanol–water partition coefficient (Wildman–Crippen LogP) is 2.88. The lowest BCUT2D eigenvalue weighted by Gasteiger charge is -2.25. The van der Waals surface area contributed by atoms with Crippen molar-refractivity contribution in [3.05, 3.63) is 53.3 Å². The molecule has 2 aromatic rings. The van der Waals surface area contributed by atoms with E-state index in [1.165, 1.54) is 33.5 Å². The Hall–Kier alpha value is -2.80. The smallest absolute Gasteiger partial charge is 0.251 e. The quantitative estimate of drug-likeness (QED) is 0.768. The Morgan fingerprint density at radius 2 is 1.59 bits per heavy atom. The van der Waals surface area contributed by atoms with Crippen LogP contribution in [0.25, 0.3) is 0 Å². The van der Waals surface area contributed by atoms with Gasteiger partial charge in [-0.1, -0.05) is 12.1 Å². The normalized spacial score (nSPS) is 11.8. The third kappa shape index (κ3) is 4.89. The first kappa shape index (κ1) is 20.5. The van der Waals surface area contributed by atoms with Crippen molar-refractivity contribution in [2.45, 2.75) is 6.04 Å². The second-order valence-electron chi connectivity index (χ2n) is 6.16. The Balaban J connectivity index is 2.19. The first-order valence-electron chi connectivity index (χ1n) is 8.41. The van der Waals surface area contributed by atoms with Gasteiger partial charge >= 0.3 is 0 Å². The molecule has 0 aliphatic heterocycles. The number of methoxy groups -OCH3 is 3. The first-order chi connectivity index (χ1) is 12.9. The number of carbonyl (C=O) groups excluding carboxylic acids is 1. The molecule has 0 aromatic heterocycles. The Kier molecular flexibility index (Phi) is 7.01. The number of hydrogen-bond acceptors (Lipinski definition) is 5. The van der Waals surface area contributed by atoms with Crippen molar-refractivity contribution in [1.29, 1.82) is 0 Å². The molecule has 0 spiro atoms. The van der Waals surface area contributed by atoms with Gasteiger partial charge in [0, 0.05) is 12.1 Å². The molecule has 1 N–H and O–H groups in total. The Morgan fingerprint density at radius 1 is 1.04 bits per heavy atom. The van der Waals surface area contributed by atoms with E-state index < -0.39 is 0 Å². The van der Waals surface area contributed by atoms with Gasteiger partial charge in [-0.25, -0.2) is 4.39 Å². The van der Waals surface area contributed by atoms with Gasteiger partial charge in [-0.3, -0.25) is 4.79 Å². The average molecular weight is 376 g/mol. The number of carbonyl (C=O) groups is 1. The van der Waals surface area contributed by atoms with Gasteiger partial charge in [0.2, 0.25) is 5.75 Å². The highest BCUT2D eigenvalue weighted by atomic mass is 19.1. The molecule has 6 nitrogen and oxygen atoms in total. The summed E-state index contributed by atoms with van der Waals surface area (Å²) in [5, 5.41) is 2.91. The lowest BCUT2D eigenvalue weighted by molar-refractivity contribution is 0.0941. The fourth-order valence-electron chi connectivity index (χ4n) is 2.79. The maximum atomic E-state index is 13.2. The molecule has 0 fully saturated rings. The van der Waals surface area contributed by atoms with Crippen LogP contribution in [0.5, 0.6) is 17.2 Å². The molecule has 27 heavy (non-hydrogen) atoms. The molecule has 2 aromatic carbocycles. The second-order valence-corrected chi connectivity index (χ2v) is 6.16. The van der Waals surface area contributed by atoms with Crippen LogP contribution in [0, 0.1) is 5.82 Å². The van der Waals surface area contributed by atoms with Gasteiger partial charge in [0.25, 0.3) is 5.91 Å². The Labute approximate surface area is 158 Å². The molecular weight excluding hydrogens is 351 g/mol. The number of halogens is 1. The minimum absolute atomic E-state index is 0.100. The minimum Gasteiger partial charge on any atom is -0.493 e. The molecule has 0 saturated heterocycles. The van der Waals surface area contributed by atoms with Crippen molar-refractivity contribution in [3.8, 4) is 17.2 Å². The molecular formula is C20H25FN2O4. The van der Waals surface area contributed by atoms with Crippen LogP contribution >= 0.6 is 0 Å². The summed E-state index contributed by atoms with van der Waals surface area (Å²) in [7, 11) is 8.30. The van der Waals surface area contributed by atoms with E-state index in [9.17, 15) is 9.18 Å². The van der Waals surface area contributed by atoms with E-state index in [4.69, 9.17) is 14.2 Å². The van der Waals surface area contributed by atoms with Crippen molar-refractivity contribution in [2.75, 3.05) is 42.0 Å². The maximum Gasteiger partial charge on any atom is 0.251 e. The van der Waals surface area contributed by atoms with E-state index in [1.54, 1.807) is 24.3 Å². The van der Waals surface area contributed by atoms with Crippen molar-refractivity contribution in [2.24, 2.45) is 0 Å². The number of nitrogens with one attached hydrogen (secondary N) is 1. The maximum absolute atomic E-state index is 13.2. The van der Waals surface area contributed by atoms with E-state index in [2.05, 4.69) is 5.32 Å². The monoisotopic (exact) mass is 376 g/mol. The molecule has 0 bridgehead atoms. The summed E-state index contributed by atoms with van der Waals surface area (Å²) in [6.07, 6.45) is 0. The lowest BCUT2D eigenvalue weighted by atomic mass is 10.1. The SMILES string of the molecule is COc1cc(C(=O)NC[C@@H](c2ccc(F)cc2)N(C)C)cc(OC)c1OC. The van der Waals surface area contributed by atoms with Crippen LogP contribution in [0.3, 0.4) is 0 Å². The molecule has 2 rings (SSSR count). The third-order valence-electron chi connectivity index (χ3n) is 4.26. The fourth-order valence-corrected chi connectivity index (χ4v) is 2.79. The molecule has 146 valence electrons. The molecule has 7 heteroatoms. The number of benzene rings is 2. The topological polar surface area (TPSA) is 60.0 Å². The van der Waals surface area contributed by atoms with Gasteiger partial charge in [-0.05, 0) is 43.9 Å². The van der Waals surface area contributed by atoms with Crippen molar-refractivity contribution >= 4 is 5.91 Å². The summed E-state index contributed by atoms with van der Waals surface area (Å²) in [5.74, 6) is 0.671. The largest absolute Gasteiger partial charge is 0.493 e. The molecule has 0 unspecified atom stereocenters. The first-order valence-corrected chi connectivity index (χ1v) is 8.41. The van der Waals surface area contributed by atoms with E-state index in [0.717, 1.165) is 5.56 Å². The second kappa shape index (κ2) is 9.23. The zero-order chi connectivity index (χ0) is 20.0. The standard InChI is InChI=1S/C20H25FN2O4/c1-23(2)16(13-6-8-15(21)9-7-13)12-22-20(24)14-10-17(25-3)19(27-5)18(11-14)26-4/h6-11,16H,12H2,1-5H3,(H,22,24)/t16-/m0/s1. The highest BCUT2D eigenvalue weighted by molar-refractivity contribution is 5.95. The van der Waals surface area contributed by atoms with Crippen LogP contribution in [0.4, 0.5) is 4.39 Å². The van der Waals surface area contributed by atoms with Gasteiger partial charge in [0.1, 0.15) is 5.82 Å². The van der Waals surface area contributed by atoms with E-state index in [0.29, 0.717) is 29.4 Å². The Bertz CT molecular complexity index is 753. The zero-order valence-electron chi connectivity index (χ0n) is 16.2. The van der Waals surface area contributed by atoms with Gasteiger partial charge in [0.05, 0.1) is 27.4 Å². The van der Waals surface area contributed by atoms with Crippen LogP contribution in [0.15, 0.2) is 36.4 Å². The van der Waals surface area contributed by atoms with Crippen LogP contribution in [-0.4, -0.2) is 52.8 Å². The van der Waals surface area contributed by atoms with Crippen LogP contribution < -0.4 is 19.5 Å². The number of hydrogen-bond donors (Lipinski definition) is 1. The minimum atomic E-state index is -0.294. The summed E-state index contributed by atoms with van der Waals surface area (Å²) in [5.41, 5.74) is 1.30. The molecule has 1 atom stereocenters. The van der Waals surface area contributed by atoms with Crippen molar-refractivity contribution in [3.63, 3.8) is 0 Å². The number of ether oxygens (including phenoxy) is 3. The summed E-state index contributed by atoms with van der Waals surface area (Å²) in [6, 6.07) is 9.34. The zero-order valence-corrected chi connectivity index (χ0v) is 16.2. The predicted molar refractivity (Wildman–Crippen MR) is 101 cm³/mol. The van der Waals surface area contributed by atoms with Crippen molar-refractivity contribution < 1.29 is 23.4 Å². The van der Waals surface area contributed by atoms with Gasteiger partial charge in [0.15, 0.2) is 11.5 Å². The average Bonchev–Trinajstić information content (AvgIpc) is 2.67. The highest BCUT2D eigenvalue weighted by Crippen LogP contribution is 2.38. The molecule has 1 amide bonds. The number of amides is 1. The van der Waals surface area contributed by atoms with Gasteiger partial charge in [-0.2, -0.15) is 0 Å². The third-order valence-corrected chi connectivity index (χ3v) is 4.26. The summed E-state index contributed by atoms with van der Waals surface area (Å²) in [4.78, 5) is 14.6. The summed E-state index contributed by atoms with van der Waals surface area (Å²) < 4.78 is 29.0. The van der Waals surface area contributed by atoms with Crippen LogP contribution in [0.1, 0.15) is 22.0 Å². The number of likely N-dealkylation sites (N-methyl/N-ethyl adjacent to an activating group) is 1. The van der Waals surface area contributed by atoms with E-state index in [1.807, 2.05) is 19.0 Å². The van der Waals surface area contributed by atoms with Crippen LogP contribution in [-0.2, 0) is 0 Å². The molecule has 0 aliphatic rings. The van der Waals surface area contributed by atoms with Crippen molar-refractivity contribution in [1.82, 2.24) is 10.2 Å². The van der Waals surface area contributed by atoms with Crippen LogP contribution in [0.2, 0.25) is 0 Å². The fraction of sp³-hybridized carbons (Fsp3) is 0.350. The highest BCUT2D eigenvalue weighted by Gasteiger charge is 2.19.